The lowest BCUT2D eigenvalue weighted by molar-refractivity contribution is 0.345. The van der Waals surface area contributed by atoms with Gasteiger partial charge in [-0.2, -0.15) is 0 Å². The number of allylic oxidation sites excluding steroid dienone is 20. The molecule has 2 nitrogen and oxygen atoms in total. The molecule has 3 heteroatoms. The van der Waals surface area contributed by atoms with Crippen molar-refractivity contribution in [3.63, 3.8) is 0 Å². The molecule has 0 saturated heterocycles. The van der Waals surface area contributed by atoms with E-state index in [-0.39, 0.29) is 12.6 Å². The van der Waals surface area contributed by atoms with E-state index in [1.165, 1.54) is 38.7 Å². The summed E-state index contributed by atoms with van der Waals surface area (Å²) in [6, 6.07) is 8.88. The predicted molar refractivity (Wildman–Crippen MR) is 188 cm³/mol. The molecule has 7 aliphatic carbocycles. The largest absolute Gasteiger partial charge is 0.456 e. The molecule has 2 aromatic rings. The second-order valence-electron chi connectivity index (χ2n) is 14.3. The van der Waals surface area contributed by atoms with Crippen molar-refractivity contribution >= 4 is 29.3 Å². The summed E-state index contributed by atoms with van der Waals surface area (Å²) in [4.78, 5) is 2.76. The molecule has 46 heavy (non-hydrogen) atoms. The van der Waals surface area contributed by atoms with Crippen LogP contribution in [0.15, 0.2) is 170 Å². The summed E-state index contributed by atoms with van der Waals surface area (Å²) in [5, 5.41) is 2.50. The summed E-state index contributed by atoms with van der Waals surface area (Å²) in [6.45, 7) is 2.64. The minimum Gasteiger partial charge on any atom is -0.456 e. The fraction of sp³-hybridized carbons (Fsp3) is 0.209. The van der Waals surface area contributed by atoms with E-state index in [0.29, 0.717) is 29.7 Å². The van der Waals surface area contributed by atoms with E-state index in [9.17, 15) is 0 Å². The SMILES string of the molecule is CC1=CC2=C3B(C4=CC=CC5=c6oc7ccccc7c6=CC2C45)C2=C(C=CC4C=CC=CC24)N(C2=CCC4C=CC=CC4=C2)C3C1. The summed E-state index contributed by atoms with van der Waals surface area (Å²) < 4.78 is 6.66. The zero-order chi connectivity index (χ0) is 30.1. The molecule has 0 bridgehead atoms. The topological polar surface area (TPSA) is 16.4 Å². The van der Waals surface area contributed by atoms with Crippen LogP contribution in [-0.2, 0) is 0 Å². The average molecular weight is 592 g/mol. The smallest absolute Gasteiger partial charge is 0.234 e. The minimum atomic E-state index is 0.284. The average Bonchev–Trinajstić information content (AvgIpc) is 3.48. The van der Waals surface area contributed by atoms with E-state index in [4.69, 9.17) is 4.42 Å². The maximum atomic E-state index is 6.66. The van der Waals surface area contributed by atoms with Crippen LogP contribution in [0, 0.1) is 29.6 Å². The van der Waals surface area contributed by atoms with Gasteiger partial charge in [0.2, 0.25) is 6.71 Å². The van der Waals surface area contributed by atoms with Crippen LogP contribution in [0.4, 0.5) is 0 Å². The Bertz CT molecular complexity index is 2320. The fourth-order valence-electron chi connectivity index (χ4n) is 10.2. The van der Waals surface area contributed by atoms with Crippen LogP contribution in [0.3, 0.4) is 0 Å². The molecule has 0 radical (unpaired) electrons. The maximum absolute atomic E-state index is 6.66. The summed E-state index contributed by atoms with van der Waals surface area (Å²) in [5.74, 6) is 1.80. The van der Waals surface area contributed by atoms with Gasteiger partial charge in [0.15, 0.2) is 0 Å². The molecule has 1 aromatic carbocycles. The Labute approximate surface area is 270 Å². The highest BCUT2D eigenvalue weighted by molar-refractivity contribution is 6.82. The second-order valence-corrected chi connectivity index (χ2v) is 14.3. The highest BCUT2D eigenvalue weighted by Gasteiger charge is 2.55. The van der Waals surface area contributed by atoms with Crippen molar-refractivity contribution in [3.8, 4) is 0 Å². The van der Waals surface area contributed by atoms with Gasteiger partial charge in [0.1, 0.15) is 11.0 Å². The van der Waals surface area contributed by atoms with Gasteiger partial charge in [-0.25, -0.2) is 0 Å². The Morgan fingerprint density at radius 2 is 1.76 bits per heavy atom. The van der Waals surface area contributed by atoms with Crippen molar-refractivity contribution < 1.29 is 4.42 Å². The van der Waals surface area contributed by atoms with Gasteiger partial charge < -0.3 is 9.32 Å². The Hall–Kier alpha value is -4.76. The molecule has 6 unspecified atom stereocenters. The van der Waals surface area contributed by atoms with Gasteiger partial charge in [-0.3, -0.25) is 0 Å². The first-order chi connectivity index (χ1) is 22.7. The van der Waals surface area contributed by atoms with Gasteiger partial charge in [-0.05, 0) is 49.1 Å². The van der Waals surface area contributed by atoms with Crippen LogP contribution in [-0.4, -0.2) is 17.7 Å². The van der Waals surface area contributed by atoms with Crippen LogP contribution in [0.25, 0.3) is 22.6 Å². The van der Waals surface area contributed by atoms with Crippen molar-refractivity contribution in [1.29, 1.82) is 0 Å². The van der Waals surface area contributed by atoms with Crippen LogP contribution in [0.1, 0.15) is 19.8 Å². The Morgan fingerprint density at radius 3 is 2.74 bits per heavy atom. The van der Waals surface area contributed by atoms with Crippen molar-refractivity contribution in [2.75, 3.05) is 0 Å². The first-order valence-electron chi connectivity index (χ1n) is 17.1. The number of nitrogens with zero attached hydrogens (tertiary/aromatic N) is 1. The molecule has 11 rings (SSSR count). The first kappa shape index (κ1) is 25.4. The van der Waals surface area contributed by atoms with Gasteiger partial charge in [-0.1, -0.05) is 131 Å². The Kier molecular flexibility index (Phi) is 5.07. The van der Waals surface area contributed by atoms with Crippen LogP contribution in [0.2, 0.25) is 0 Å². The van der Waals surface area contributed by atoms with Crippen molar-refractivity contribution in [2.24, 2.45) is 29.6 Å². The number of hydrogen-bond acceptors (Lipinski definition) is 2. The highest BCUT2D eigenvalue weighted by atomic mass is 16.3. The molecular formula is C43H34BNO. The molecular weight excluding hydrogens is 557 g/mol. The van der Waals surface area contributed by atoms with Gasteiger partial charge in [0.25, 0.3) is 0 Å². The predicted octanol–water partition coefficient (Wildman–Crippen LogP) is 7.70. The molecule has 9 aliphatic rings. The normalized spacial score (nSPS) is 32.2. The molecule has 0 fully saturated rings. The molecule has 220 valence electrons. The lowest BCUT2D eigenvalue weighted by Gasteiger charge is -2.55. The molecule has 0 saturated carbocycles. The summed E-state index contributed by atoms with van der Waals surface area (Å²) in [5.41, 5.74) is 15.4. The Morgan fingerprint density at radius 1 is 0.848 bits per heavy atom. The molecule has 2 aliphatic heterocycles. The maximum Gasteiger partial charge on any atom is 0.234 e. The number of hydrogen-bond donors (Lipinski definition) is 0. The van der Waals surface area contributed by atoms with Gasteiger partial charge in [-0.15, -0.1) is 0 Å². The minimum absolute atomic E-state index is 0.284. The lowest BCUT2D eigenvalue weighted by Crippen LogP contribution is -2.56. The Balaban J connectivity index is 1.20. The van der Waals surface area contributed by atoms with E-state index < -0.39 is 0 Å². The van der Waals surface area contributed by atoms with E-state index >= 15 is 0 Å². The number of rotatable bonds is 1. The first-order valence-corrected chi connectivity index (χ1v) is 17.1. The standard InChI is InChI=1S/C43H34BNO/c1-25-21-34-33-24-35-31-13-6-7-16-39(31)46-43(35)32-14-8-15-36(40(32)33)44-41-30-12-5-4-10-27(30)18-20-37(41)45(38(22-25)42(34)44)29-19-17-26-9-2-3-11-28(26)23-29/h2-16,18-21,23-24,26-27,30,33,38,40H,17,22H2,1H3. The fourth-order valence-corrected chi connectivity index (χ4v) is 10.2. The quantitative estimate of drug-likeness (QED) is 0.316. The van der Waals surface area contributed by atoms with Crippen molar-refractivity contribution in [1.82, 2.24) is 4.90 Å². The van der Waals surface area contributed by atoms with Gasteiger partial charge in [0, 0.05) is 57.2 Å². The lowest BCUT2D eigenvalue weighted by atomic mass is 9.24. The molecule has 0 amide bonds. The van der Waals surface area contributed by atoms with Gasteiger partial charge >= 0.3 is 0 Å². The summed E-state index contributed by atoms with van der Waals surface area (Å²) in [7, 11) is 0. The van der Waals surface area contributed by atoms with E-state index in [2.05, 4.69) is 139 Å². The number of benzene rings is 1. The number of para-hydroxylation sites is 1. The zero-order valence-electron chi connectivity index (χ0n) is 25.9. The van der Waals surface area contributed by atoms with Crippen molar-refractivity contribution in [3.05, 3.63) is 177 Å². The van der Waals surface area contributed by atoms with E-state index in [1.54, 1.807) is 22.0 Å². The third-order valence-corrected chi connectivity index (χ3v) is 12.0. The van der Waals surface area contributed by atoms with E-state index in [0.717, 1.165) is 23.8 Å². The zero-order valence-corrected chi connectivity index (χ0v) is 25.9. The molecule has 1 aromatic heterocycles. The van der Waals surface area contributed by atoms with Crippen LogP contribution >= 0.6 is 0 Å². The van der Waals surface area contributed by atoms with Crippen molar-refractivity contribution in [2.45, 2.75) is 25.8 Å². The van der Waals surface area contributed by atoms with Crippen LogP contribution in [0.5, 0.6) is 0 Å². The summed E-state index contributed by atoms with van der Waals surface area (Å²) >= 11 is 0. The second kappa shape index (κ2) is 9.16. The third kappa shape index (κ3) is 3.28. The number of fused-ring (bicyclic) bond motifs is 9. The molecule has 3 heterocycles. The highest BCUT2D eigenvalue weighted by Crippen LogP contribution is 2.57. The number of furan rings is 1. The van der Waals surface area contributed by atoms with E-state index in [1.807, 2.05) is 0 Å². The van der Waals surface area contributed by atoms with Crippen LogP contribution < -0.4 is 10.6 Å². The molecule has 0 spiro atoms. The monoisotopic (exact) mass is 591 g/mol. The third-order valence-electron chi connectivity index (χ3n) is 12.0. The molecule has 6 atom stereocenters. The van der Waals surface area contributed by atoms with Gasteiger partial charge in [0.05, 0.1) is 6.04 Å². The summed E-state index contributed by atoms with van der Waals surface area (Å²) in [6.07, 6.45) is 42.8. The molecule has 0 N–H and O–H groups in total.